The molecule has 0 fully saturated rings. The molecular weight excluding hydrogens is 176 g/mol. The molecule has 0 aliphatic heterocycles. The highest BCUT2D eigenvalue weighted by Gasteiger charge is 2.04. The fourth-order valence-corrected chi connectivity index (χ4v) is 0.593. The van der Waals surface area contributed by atoms with Gasteiger partial charge >= 0.3 is 0 Å². The van der Waals surface area contributed by atoms with Crippen molar-refractivity contribution in [1.82, 2.24) is 5.23 Å². The van der Waals surface area contributed by atoms with Gasteiger partial charge in [-0.1, -0.05) is 5.23 Å². The molecule has 0 aromatic carbocycles. The number of hydroxylamine groups is 2. The number of hydrogen-bond donors (Lipinski definition) is 2. The summed E-state index contributed by atoms with van der Waals surface area (Å²) in [6.07, 6.45) is 0.261. The Bertz CT molecular complexity index is 140. The standard InChI is InChI=1S/C7H14N2O4/c8-2-1-3-9(12-6-4-10)13-7-5-11/h10-11H,1,3-7H2. The van der Waals surface area contributed by atoms with E-state index in [-0.39, 0.29) is 39.4 Å². The van der Waals surface area contributed by atoms with Crippen LogP contribution in [0.15, 0.2) is 0 Å². The van der Waals surface area contributed by atoms with Gasteiger partial charge in [0.15, 0.2) is 0 Å². The van der Waals surface area contributed by atoms with Gasteiger partial charge in [-0.2, -0.15) is 5.26 Å². The molecule has 0 saturated carbocycles. The first kappa shape index (κ1) is 12.3. The third-order valence-corrected chi connectivity index (χ3v) is 1.06. The van der Waals surface area contributed by atoms with Gasteiger partial charge in [0.05, 0.1) is 45.5 Å². The van der Waals surface area contributed by atoms with Crippen LogP contribution in [0.5, 0.6) is 0 Å². The van der Waals surface area contributed by atoms with Crippen LogP contribution in [0.2, 0.25) is 0 Å². The smallest absolute Gasteiger partial charge is 0.0942 e. The van der Waals surface area contributed by atoms with Gasteiger partial charge in [-0.3, -0.25) is 9.68 Å². The molecule has 0 aromatic rings. The number of rotatable bonds is 8. The summed E-state index contributed by atoms with van der Waals surface area (Å²) in [7, 11) is 0. The first-order valence-electron chi connectivity index (χ1n) is 3.97. The van der Waals surface area contributed by atoms with E-state index in [1.54, 1.807) is 0 Å². The van der Waals surface area contributed by atoms with Crippen molar-refractivity contribution in [1.29, 1.82) is 5.26 Å². The van der Waals surface area contributed by atoms with E-state index in [0.717, 1.165) is 5.23 Å². The van der Waals surface area contributed by atoms with Crippen LogP contribution >= 0.6 is 0 Å². The van der Waals surface area contributed by atoms with Gasteiger partial charge in [0.25, 0.3) is 0 Å². The summed E-state index contributed by atoms with van der Waals surface area (Å²) in [5, 5.41) is 26.3. The highest BCUT2D eigenvalue weighted by atomic mass is 16.9. The van der Waals surface area contributed by atoms with Gasteiger partial charge in [-0.25, -0.2) is 0 Å². The average molecular weight is 190 g/mol. The van der Waals surface area contributed by atoms with Crippen LogP contribution in [0, 0.1) is 11.3 Å². The second-order valence-corrected chi connectivity index (χ2v) is 2.08. The molecule has 0 saturated heterocycles. The normalized spacial score (nSPS) is 10.3. The van der Waals surface area contributed by atoms with E-state index in [9.17, 15) is 0 Å². The highest BCUT2D eigenvalue weighted by molar-refractivity contribution is 4.68. The lowest BCUT2D eigenvalue weighted by atomic mass is 10.5. The number of nitriles is 1. The minimum Gasteiger partial charge on any atom is -0.394 e. The lowest BCUT2D eigenvalue weighted by Crippen LogP contribution is -2.28. The zero-order chi connectivity index (χ0) is 9.94. The van der Waals surface area contributed by atoms with Gasteiger partial charge in [0, 0.05) is 0 Å². The third kappa shape index (κ3) is 7.64. The molecule has 0 heterocycles. The van der Waals surface area contributed by atoms with E-state index < -0.39 is 0 Å². The quantitative estimate of drug-likeness (QED) is 0.480. The van der Waals surface area contributed by atoms with Gasteiger partial charge in [-0.05, 0) is 0 Å². The number of aliphatic hydroxyl groups is 2. The van der Waals surface area contributed by atoms with E-state index in [2.05, 4.69) is 0 Å². The highest BCUT2D eigenvalue weighted by Crippen LogP contribution is 1.94. The van der Waals surface area contributed by atoms with Crippen molar-refractivity contribution in [3.8, 4) is 6.07 Å². The van der Waals surface area contributed by atoms with E-state index in [1.165, 1.54) is 0 Å². The van der Waals surface area contributed by atoms with Gasteiger partial charge in [-0.15, -0.1) is 0 Å². The number of hydrogen-bond acceptors (Lipinski definition) is 6. The maximum Gasteiger partial charge on any atom is 0.0942 e. The van der Waals surface area contributed by atoms with Crippen LogP contribution in [0.3, 0.4) is 0 Å². The van der Waals surface area contributed by atoms with Gasteiger partial charge in [0.2, 0.25) is 0 Å². The molecule has 13 heavy (non-hydrogen) atoms. The minimum absolute atomic E-state index is 0.108. The van der Waals surface area contributed by atoms with E-state index in [1.807, 2.05) is 6.07 Å². The molecule has 2 N–H and O–H groups in total. The van der Waals surface area contributed by atoms with E-state index in [0.29, 0.717) is 0 Å². The molecular formula is C7H14N2O4. The summed E-state index contributed by atoms with van der Waals surface area (Å²) in [5.74, 6) is 0. The molecule has 76 valence electrons. The second kappa shape index (κ2) is 9.38. The van der Waals surface area contributed by atoms with Crippen LogP contribution in [-0.2, 0) is 9.68 Å². The van der Waals surface area contributed by atoms with Crippen LogP contribution in [0.4, 0.5) is 0 Å². The molecule has 0 unspecified atom stereocenters. The fraction of sp³-hybridized carbons (Fsp3) is 0.857. The summed E-state index contributed by atoms with van der Waals surface area (Å²) in [6, 6.07) is 1.92. The van der Waals surface area contributed by atoms with Crippen molar-refractivity contribution >= 4 is 0 Å². The molecule has 0 aromatic heterocycles. The van der Waals surface area contributed by atoms with E-state index in [4.69, 9.17) is 25.2 Å². The Morgan fingerprint density at radius 3 is 2.08 bits per heavy atom. The lowest BCUT2D eigenvalue weighted by Gasteiger charge is -2.18. The Hall–Kier alpha value is -0.710. The number of aliphatic hydroxyl groups excluding tert-OH is 2. The lowest BCUT2D eigenvalue weighted by molar-refractivity contribution is -0.370. The molecule has 6 heteroatoms. The fourth-order valence-electron chi connectivity index (χ4n) is 0.593. The molecule has 0 aliphatic rings. The Labute approximate surface area is 76.8 Å². The molecule has 0 bridgehead atoms. The summed E-state index contributed by atoms with van der Waals surface area (Å²) in [6.45, 7) is 0.265. The van der Waals surface area contributed by atoms with Crippen molar-refractivity contribution in [2.45, 2.75) is 6.42 Å². The van der Waals surface area contributed by atoms with Crippen molar-refractivity contribution in [2.24, 2.45) is 0 Å². The Kier molecular flexibility index (Phi) is 8.87. The predicted octanol–water partition coefficient (Wildman–Crippen LogP) is -0.950. The molecule has 0 radical (unpaired) electrons. The number of nitrogens with zero attached hydrogens (tertiary/aromatic N) is 2. The molecule has 0 amide bonds. The molecule has 0 spiro atoms. The largest absolute Gasteiger partial charge is 0.394 e. The van der Waals surface area contributed by atoms with Crippen LogP contribution in [0.1, 0.15) is 6.42 Å². The maximum absolute atomic E-state index is 8.44. The summed E-state index contributed by atoms with van der Waals surface area (Å²) in [4.78, 5) is 9.79. The van der Waals surface area contributed by atoms with Crippen LogP contribution in [-0.4, -0.2) is 48.4 Å². The van der Waals surface area contributed by atoms with Crippen LogP contribution in [0.25, 0.3) is 0 Å². The minimum atomic E-state index is -0.120. The molecule has 0 atom stereocenters. The average Bonchev–Trinajstić information content (AvgIpc) is 2.17. The van der Waals surface area contributed by atoms with Crippen LogP contribution < -0.4 is 0 Å². The predicted molar refractivity (Wildman–Crippen MR) is 43.0 cm³/mol. The third-order valence-electron chi connectivity index (χ3n) is 1.06. The first-order chi connectivity index (χ1) is 6.35. The topological polar surface area (TPSA) is 86.0 Å². The second-order valence-electron chi connectivity index (χ2n) is 2.08. The SMILES string of the molecule is N#CCCN(OCCO)OCCO. The first-order valence-corrected chi connectivity index (χ1v) is 3.97. The zero-order valence-electron chi connectivity index (χ0n) is 7.35. The molecule has 0 rings (SSSR count). The Morgan fingerprint density at radius 2 is 1.69 bits per heavy atom. The van der Waals surface area contributed by atoms with E-state index >= 15 is 0 Å². The maximum atomic E-state index is 8.44. The van der Waals surface area contributed by atoms with Crippen molar-refractivity contribution in [3.63, 3.8) is 0 Å². The Morgan fingerprint density at radius 1 is 1.15 bits per heavy atom. The molecule has 6 nitrogen and oxygen atoms in total. The van der Waals surface area contributed by atoms with Crippen molar-refractivity contribution < 1.29 is 19.9 Å². The Balaban J connectivity index is 3.54. The molecule has 0 aliphatic carbocycles. The summed E-state index contributed by atoms with van der Waals surface area (Å²) < 4.78 is 0. The monoisotopic (exact) mass is 190 g/mol. The van der Waals surface area contributed by atoms with Gasteiger partial charge in [0.1, 0.15) is 0 Å². The van der Waals surface area contributed by atoms with Crippen molar-refractivity contribution in [2.75, 3.05) is 33.0 Å². The summed E-state index contributed by atoms with van der Waals surface area (Å²) in [5.41, 5.74) is 0. The van der Waals surface area contributed by atoms with Gasteiger partial charge < -0.3 is 10.2 Å². The van der Waals surface area contributed by atoms with Crippen molar-refractivity contribution in [3.05, 3.63) is 0 Å². The zero-order valence-corrected chi connectivity index (χ0v) is 7.35. The summed E-state index contributed by atoms with van der Waals surface area (Å²) >= 11 is 0.